The molecular weight excluding hydrogens is 294 g/mol. The number of hydrogen-bond donors (Lipinski definition) is 1. The number of unbranched alkanes of at least 4 members (excludes halogenated alkanes) is 8. The summed E-state index contributed by atoms with van der Waals surface area (Å²) >= 11 is 0. The Morgan fingerprint density at radius 3 is 1.90 bits per heavy atom. The standard InChI is InChI=1S/C14H28O5S.H3N/c1-2-3-4-5-6-7-8-9-10-11-14(15)19-12-13-20(16,17)18;/h2-13H2,1H3,(H,16,17,18);1H3. The highest BCUT2D eigenvalue weighted by Gasteiger charge is 2.04. The third kappa shape index (κ3) is 19.3. The molecule has 0 fully saturated rings. The van der Waals surface area contributed by atoms with E-state index in [1.54, 1.807) is 0 Å². The largest absolute Gasteiger partial charge is 0.748 e. The quantitative estimate of drug-likeness (QED) is 0.316. The Balaban J connectivity index is 0. The maximum Gasteiger partial charge on any atom is 0.305 e. The lowest BCUT2D eigenvalue weighted by molar-refractivity contribution is -0.143. The Labute approximate surface area is 129 Å². The van der Waals surface area contributed by atoms with Gasteiger partial charge < -0.3 is 15.4 Å². The van der Waals surface area contributed by atoms with Gasteiger partial charge in [0, 0.05) is 6.42 Å². The molecule has 4 N–H and O–H groups in total. The molecule has 0 bridgehead atoms. The van der Waals surface area contributed by atoms with E-state index in [9.17, 15) is 17.8 Å². The van der Waals surface area contributed by atoms with Gasteiger partial charge in [-0.3, -0.25) is 4.79 Å². The molecule has 7 heteroatoms. The number of quaternary nitrogens is 1. The summed E-state index contributed by atoms with van der Waals surface area (Å²) in [5, 5.41) is 0. The zero-order valence-electron chi connectivity index (χ0n) is 13.4. The van der Waals surface area contributed by atoms with Crippen LogP contribution in [0.2, 0.25) is 0 Å². The third-order valence-corrected chi connectivity index (χ3v) is 3.75. The van der Waals surface area contributed by atoms with Crippen LogP contribution in [0.4, 0.5) is 0 Å². The van der Waals surface area contributed by atoms with Crippen molar-refractivity contribution in [3.05, 3.63) is 0 Å². The summed E-state index contributed by atoms with van der Waals surface area (Å²) in [7, 11) is -4.29. The van der Waals surface area contributed by atoms with Crippen LogP contribution >= 0.6 is 0 Å². The molecule has 0 aromatic rings. The van der Waals surface area contributed by atoms with Crippen molar-refractivity contribution in [1.82, 2.24) is 6.15 Å². The summed E-state index contributed by atoms with van der Waals surface area (Å²) < 4.78 is 35.5. The molecule has 0 aromatic heterocycles. The smallest absolute Gasteiger partial charge is 0.305 e. The highest BCUT2D eigenvalue weighted by molar-refractivity contribution is 7.85. The molecule has 0 aliphatic rings. The Morgan fingerprint density at radius 2 is 1.43 bits per heavy atom. The van der Waals surface area contributed by atoms with Gasteiger partial charge in [0.05, 0.1) is 15.9 Å². The Kier molecular flexibility index (Phi) is 15.4. The van der Waals surface area contributed by atoms with E-state index < -0.39 is 21.8 Å². The van der Waals surface area contributed by atoms with Crippen LogP contribution in [0.15, 0.2) is 0 Å². The van der Waals surface area contributed by atoms with Crippen molar-refractivity contribution in [2.75, 3.05) is 12.4 Å². The second kappa shape index (κ2) is 14.3. The Bertz CT molecular complexity index is 343. The summed E-state index contributed by atoms with van der Waals surface area (Å²) in [6, 6.07) is 0. The van der Waals surface area contributed by atoms with Crippen molar-refractivity contribution >= 4 is 16.1 Å². The van der Waals surface area contributed by atoms with Gasteiger partial charge in [0.2, 0.25) is 0 Å². The molecule has 0 unspecified atom stereocenters. The predicted octanol–water partition coefficient (Wildman–Crippen LogP) is 3.37. The van der Waals surface area contributed by atoms with Crippen molar-refractivity contribution in [3.63, 3.8) is 0 Å². The predicted molar refractivity (Wildman–Crippen MR) is 83.4 cm³/mol. The van der Waals surface area contributed by atoms with Gasteiger partial charge in [0.1, 0.15) is 6.61 Å². The van der Waals surface area contributed by atoms with E-state index in [2.05, 4.69) is 11.7 Å². The Hall–Kier alpha value is -0.660. The lowest BCUT2D eigenvalue weighted by Gasteiger charge is -2.07. The third-order valence-electron chi connectivity index (χ3n) is 3.08. The summed E-state index contributed by atoms with van der Waals surface area (Å²) in [6.45, 7) is 1.87. The molecule has 0 atom stereocenters. The first kappa shape index (κ1) is 22.6. The fourth-order valence-electron chi connectivity index (χ4n) is 1.91. The highest BCUT2D eigenvalue weighted by Crippen LogP contribution is 2.10. The van der Waals surface area contributed by atoms with Crippen LogP contribution in [-0.2, 0) is 19.6 Å². The minimum Gasteiger partial charge on any atom is -0.748 e. The molecule has 0 saturated carbocycles. The fraction of sp³-hybridized carbons (Fsp3) is 0.929. The summed E-state index contributed by atoms with van der Waals surface area (Å²) in [5.74, 6) is -1.06. The fourth-order valence-corrected chi connectivity index (χ4v) is 2.20. The van der Waals surface area contributed by atoms with E-state index in [0.717, 1.165) is 19.3 Å². The SMILES string of the molecule is CCCCCCCCCCCC(=O)OCCS(=O)(=O)[O-].[NH4+]. The lowest BCUT2D eigenvalue weighted by Crippen LogP contribution is -2.14. The molecule has 6 nitrogen and oxygen atoms in total. The van der Waals surface area contributed by atoms with Crippen LogP contribution in [0.5, 0.6) is 0 Å². The van der Waals surface area contributed by atoms with Gasteiger partial charge in [-0.1, -0.05) is 58.3 Å². The first-order chi connectivity index (χ1) is 9.45. The van der Waals surface area contributed by atoms with E-state index in [1.165, 1.54) is 38.5 Å². The minimum atomic E-state index is -4.29. The topological polar surface area (TPSA) is 120 Å². The van der Waals surface area contributed by atoms with E-state index >= 15 is 0 Å². The highest BCUT2D eigenvalue weighted by atomic mass is 32.2. The molecule has 0 aliphatic carbocycles. The van der Waals surface area contributed by atoms with Crippen LogP contribution < -0.4 is 6.15 Å². The summed E-state index contributed by atoms with van der Waals surface area (Å²) in [6.07, 6.45) is 10.8. The molecule has 0 rings (SSSR count). The van der Waals surface area contributed by atoms with Crippen molar-refractivity contribution < 1.29 is 22.5 Å². The van der Waals surface area contributed by atoms with E-state index in [0.29, 0.717) is 6.42 Å². The second-order valence-corrected chi connectivity index (χ2v) is 6.58. The van der Waals surface area contributed by atoms with E-state index in [4.69, 9.17) is 0 Å². The summed E-state index contributed by atoms with van der Waals surface area (Å²) in [4.78, 5) is 11.2. The van der Waals surface area contributed by atoms with Gasteiger partial charge in [-0.25, -0.2) is 8.42 Å². The molecule has 0 saturated heterocycles. The van der Waals surface area contributed by atoms with Gasteiger partial charge in [-0.15, -0.1) is 0 Å². The molecular formula is C14H31NO5S. The molecule has 21 heavy (non-hydrogen) atoms. The van der Waals surface area contributed by atoms with Crippen LogP contribution in [0, 0.1) is 0 Å². The first-order valence-corrected chi connectivity index (χ1v) is 9.12. The molecule has 0 aliphatic heterocycles. The van der Waals surface area contributed by atoms with Crippen LogP contribution in [0.25, 0.3) is 0 Å². The van der Waals surface area contributed by atoms with Crippen LogP contribution in [0.1, 0.15) is 71.1 Å². The van der Waals surface area contributed by atoms with Gasteiger partial charge in [-0.05, 0) is 6.42 Å². The monoisotopic (exact) mass is 325 g/mol. The molecule has 128 valence electrons. The van der Waals surface area contributed by atoms with Gasteiger partial charge in [0.25, 0.3) is 0 Å². The molecule has 0 radical (unpaired) electrons. The van der Waals surface area contributed by atoms with E-state index in [-0.39, 0.29) is 12.8 Å². The van der Waals surface area contributed by atoms with Crippen molar-refractivity contribution in [1.29, 1.82) is 0 Å². The van der Waals surface area contributed by atoms with Gasteiger partial charge in [0.15, 0.2) is 0 Å². The van der Waals surface area contributed by atoms with E-state index in [1.807, 2.05) is 0 Å². The maximum absolute atomic E-state index is 11.2. The average Bonchev–Trinajstić information content (AvgIpc) is 2.35. The second-order valence-electron chi connectivity index (χ2n) is 5.06. The number of ether oxygens (including phenoxy) is 1. The molecule has 0 spiro atoms. The normalized spacial score (nSPS) is 11.0. The lowest BCUT2D eigenvalue weighted by atomic mass is 10.1. The minimum absolute atomic E-state index is 0. The first-order valence-electron chi connectivity index (χ1n) is 7.55. The van der Waals surface area contributed by atoms with Crippen molar-refractivity contribution in [2.24, 2.45) is 0 Å². The number of hydrogen-bond acceptors (Lipinski definition) is 5. The zero-order chi connectivity index (χ0) is 15.3. The van der Waals surface area contributed by atoms with Gasteiger partial charge >= 0.3 is 5.97 Å². The Morgan fingerprint density at radius 1 is 0.952 bits per heavy atom. The average molecular weight is 325 g/mol. The van der Waals surface area contributed by atoms with Crippen LogP contribution in [-0.4, -0.2) is 31.3 Å². The molecule has 0 amide bonds. The van der Waals surface area contributed by atoms with Crippen molar-refractivity contribution in [2.45, 2.75) is 71.1 Å². The summed E-state index contributed by atoms with van der Waals surface area (Å²) in [5.41, 5.74) is 0. The van der Waals surface area contributed by atoms with Crippen LogP contribution in [0.3, 0.4) is 0 Å². The number of esters is 1. The van der Waals surface area contributed by atoms with Gasteiger partial charge in [-0.2, -0.15) is 0 Å². The number of rotatable bonds is 13. The number of carbonyl (C=O) groups excluding carboxylic acids is 1. The molecule has 0 heterocycles. The molecule has 0 aromatic carbocycles. The number of carbonyl (C=O) groups is 1. The zero-order valence-corrected chi connectivity index (χ0v) is 14.3. The van der Waals surface area contributed by atoms with Crippen molar-refractivity contribution in [3.8, 4) is 0 Å². The maximum atomic E-state index is 11.2.